The molecule has 1 unspecified atom stereocenters. The number of carbonyl (C=O) groups excluding carboxylic acids is 3. The fraction of sp³-hybridized carbons (Fsp3) is 0.273. The molecule has 1 aromatic heterocycles. The monoisotopic (exact) mass is 582 g/mol. The number of nitrogens with one attached hydrogen (secondary N) is 2. The lowest BCUT2D eigenvalue weighted by Crippen LogP contribution is -2.35. The van der Waals surface area contributed by atoms with Crippen LogP contribution in [0.4, 0.5) is 11.4 Å². The molecule has 43 heavy (non-hydrogen) atoms. The second kappa shape index (κ2) is 13.7. The van der Waals surface area contributed by atoms with E-state index in [2.05, 4.69) is 15.5 Å². The Balaban J connectivity index is 1.69. The first-order valence-electron chi connectivity index (χ1n) is 13.9. The van der Waals surface area contributed by atoms with Crippen molar-refractivity contribution < 1.29 is 19.1 Å². The van der Waals surface area contributed by atoms with E-state index in [0.29, 0.717) is 46.9 Å². The lowest BCUT2D eigenvalue weighted by Gasteiger charge is -2.27. The zero-order chi connectivity index (χ0) is 31.1. The SMILES string of the molecule is COC(=O)CC[C@H](C)c1ccc(C(Nc2ccc3cc[nH]c(=O)c3c2)C(=O)N(C)Cc2cc(N=O)ccc2C=O)cc1C. The van der Waals surface area contributed by atoms with E-state index in [9.17, 15) is 24.1 Å². The number of hydrogen-bond acceptors (Lipinski definition) is 8. The molecular formula is C33H34N4O6. The summed E-state index contributed by atoms with van der Waals surface area (Å²) in [6.45, 7) is 4.06. The van der Waals surface area contributed by atoms with E-state index in [4.69, 9.17) is 4.74 Å². The second-order valence-corrected chi connectivity index (χ2v) is 10.6. The number of aromatic nitrogens is 1. The van der Waals surface area contributed by atoms with E-state index < -0.39 is 6.04 Å². The lowest BCUT2D eigenvalue weighted by atomic mass is 9.90. The molecule has 0 radical (unpaired) electrons. The first-order chi connectivity index (χ1) is 20.6. The summed E-state index contributed by atoms with van der Waals surface area (Å²) < 4.78 is 4.78. The number of ether oxygens (including phenoxy) is 1. The normalized spacial score (nSPS) is 12.3. The molecule has 2 atom stereocenters. The number of nitroso groups, excluding NO2 is 1. The Morgan fingerprint density at radius 3 is 2.58 bits per heavy atom. The summed E-state index contributed by atoms with van der Waals surface area (Å²) in [7, 11) is 2.99. The third kappa shape index (κ3) is 7.21. The van der Waals surface area contributed by atoms with Gasteiger partial charge in [0, 0.05) is 42.8 Å². The Morgan fingerprint density at radius 1 is 1.09 bits per heavy atom. The van der Waals surface area contributed by atoms with Gasteiger partial charge in [0.2, 0.25) is 5.91 Å². The number of rotatable bonds is 12. The third-order valence-electron chi connectivity index (χ3n) is 7.64. The predicted octanol–water partition coefficient (Wildman–Crippen LogP) is 5.92. The Labute approximate surface area is 249 Å². The van der Waals surface area contributed by atoms with Crippen LogP contribution in [0.25, 0.3) is 10.8 Å². The molecule has 1 heterocycles. The smallest absolute Gasteiger partial charge is 0.305 e. The van der Waals surface area contributed by atoms with Crippen molar-refractivity contribution in [1.82, 2.24) is 9.88 Å². The highest BCUT2D eigenvalue weighted by molar-refractivity contribution is 5.89. The summed E-state index contributed by atoms with van der Waals surface area (Å²) in [5, 5.41) is 7.51. The number of nitrogens with zero attached hydrogens (tertiary/aromatic N) is 2. The number of fused-ring (bicyclic) bond motifs is 1. The van der Waals surface area contributed by atoms with Crippen LogP contribution in [0, 0.1) is 11.8 Å². The van der Waals surface area contributed by atoms with Crippen molar-refractivity contribution in [2.75, 3.05) is 19.5 Å². The number of methoxy groups -OCH3 is 1. The molecule has 10 nitrogen and oxygen atoms in total. The minimum atomic E-state index is -0.851. The summed E-state index contributed by atoms with van der Waals surface area (Å²) in [5.41, 5.74) is 4.04. The number of carbonyl (C=O) groups is 3. The van der Waals surface area contributed by atoms with Crippen LogP contribution in [-0.2, 0) is 20.9 Å². The van der Waals surface area contributed by atoms with E-state index in [1.165, 1.54) is 30.2 Å². The number of aldehydes is 1. The minimum Gasteiger partial charge on any atom is -0.469 e. The second-order valence-electron chi connectivity index (χ2n) is 10.6. The van der Waals surface area contributed by atoms with Gasteiger partial charge in [-0.2, -0.15) is 0 Å². The fourth-order valence-electron chi connectivity index (χ4n) is 5.21. The topological polar surface area (TPSA) is 138 Å². The number of benzene rings is 3. The predicted molar refractivity (Wildman–Crippen MR) is 166 cm³/mol. The first-order valence-corrected chi connectivity index (χ1v) is 13.9. The van der Waals surface area contributed by atoms with E-state index in [0.717, 1.165) is 16.5 Å². The molecule has 4 rings (SSSR count). The Bertz CT molecular complexity index is 1730. The number of H-pyrrole nitrogens is 1. The molecule has 0 saturated heterocycles. The van der Waals surface area contributed by atoms with Crippen molar-refractivity contribution in [3.05, 3.63) is 110 Å². The van der Waals surface area contributed by atoms with Gasteiger partial charge in [-0.1, -0.05) is 31.2 Å². The van der Waals surface area contributed by atoms with Gasteiger partial charge in [0.05, 0.1) is 7.11 Å². The molecule has 10 heteroatoms. The number of hydrogen-bond donors (Lipinski definition) is 2. The number of aryl methyl sites for hydroxylation is 1. The highest BCUT2D eigenvalue weighted by Crippen LogP contribution is 2.30. The lowest BCUT2D eigenvalue weighted by molar-refractivity contribution is -0.140. The fourth-order valence-corrected chi connectivity index (χ4v) is 5.21. The Kier molecular flexibility index (Phi) is 9.82. The number of pyridine rings is 1. The number of esters is 1. The van der Waals surface area contributed by atoms with Gasteiger partial charge >= 0.3 is 5.97 Å². The quantitative estimate of drug-likeness (QED) is 0.120. The minimum absolute atomic E-state index is 0.0630. The highest BCUT2D eigenvalue weighted by atomic mass is 16.5. The van der Waals surface area contributed by atoms with Crippen LogP contribution in [0.1, 0.15) is 64.3 Å². The number of likely N-dealkylation sites (N-methyl/N-ethyl adjacent to an activating group) is 1. The van der Waals surface area contributed by atoms with Crippen molar-refractivity contribution in [3.8, 4) is 0 Å². The molecule has 0 saturated carbocycles. The van der Waals surface area contributed by atoms with E-state index in [-0.39, 0.29) is 35.6 Å². The molecule has 2 N–H and O–H groups in total. The average Bonchev–Trinajstić information content (AvgIpc) is 3.02. The van der Waals surface area contributed by atoms with Gasteiger partial charge in [0.25, 0.3) is 5.56 Å². The standard InChI is InChI=1S/C33H34N4O6/c1-20(5-12-30(39)43-4)28-11-8-23(15-21(28)2)31(35-26-9-6-22-13-14-34-32(40)29(22)17-26)33(41)37(3)18-25-16-27(36-42)10-7-24(25)19-38/h6-11,13-17,19-20,31,35H,5,12,18H2,1-4H3,(H,34,40)/t20-,31?/m0/s1. The van der Waals surface area contributed by atoms with Crippen LogP contribution < -0.4 is 10.9 Å². The molecule has 0 bridgehead atoms. The first kappa shape index (κ1) is 30.8. The maximum Gasteiger partial charge on any atom is 0.305 e. The van der Waals surface area contributed by atoms with E-state index >= 15 is 0 Å². The summed E-state index contributed by atoms with van der Waals surface area (Å²) >= 11 is 0. The Morgan fingerprint density at radius 2 is 1.88 bits per heavy atom. The molecule has 3 aromatic carbocycles. The molecule has 0 spiro atoms. The van der Waals surface area contributed by atoms with Gasteiger partial charge in [0.1, 0.15) is 18.0 Å². The van der Waals surface area contributed by atoms with E-state index in [1.54, 1.807) is 25.4 Å². The van der Waals surface area contributed by atoms with Crippen molar-refractivity contribution >= 4 is 40.3 Å². The average molecular weight is 583 g/mol. The van der Waals surface area contributed by atoms with E-state index in [1.807, 2.05) is 44.2 Å². The summed E-state index contributed by atoms with van der Waals surface area (Å²) in [6.07, 6.45) is 3.18. The summed E-state index contributed by atoms with van der Waals surface area (Å²) in [5.74, 6) is -0.472. The van der Waals surface area contributed by atoms with Crippen molar-refractivity contribution in [1.29, 1.82) is 0 Å². The van der Waals surface area contributed by atoms with Gasteiger partial charge < -0.3 is 19.9 Å². The van der Waals surface area contributed by atoms with Crippen LogP contribution in [0.5, 0.6) is 0 Å². The molecule has 1 amide bonds. The molecule has 222 valence electrons. The van der Waals surface area contributed by atoms with Crippen molar-refractivity contribution in [3.63, 3.8) is 0 Å². The molecule has 0 aliphatic heterocycles. The number of anilines is 1. The van der Waals surface area contributed by atoms with Gasteiger partial charge in [-0.15, -0.1) is 4.91 Å². The maximum absolute atomic E-state index is 14.0. The molecule has 0 aliphatic rings. The molecule has 0 aliphatic carbocycles. The van der Waals surface area contributed by atoms with Crippen LogP contribution in [0.2, 0.25) is 0 Å². The Hall–Kier alpha value is -5.12. The van der Waals surface area contributed by atoms with Crippen molar-refractivity contribution in [2.24, 2.45) is 5.18 Å². The maximum atomic E-state index is 14.0. The number of amides is 1. The molecular weight excluding hydrogens is 548 g/mol. The molecule has 0 fully saturated rings. The van der Waals surface area contributed by atoms with Gasteiger partial charge in [-0.05, 0) is 88.5 Å². The van der Waals surface area contributed by atoms with Crippen LogP contribution >= 0.6 is 0 Å². The largest absolute Gasteiger partial charge is 0.469 e. The third-order valence-corrected chi connectivity index (χ3v) is 7.64. The number of aromatic amines is 1. The van der Waals surface area contributed by atoms with Gasteiger partial charge in [0.15, 0.2) is 0 Å². The molecule has 4 aromatic rings. The zero-order valence-corrected chi connectivity index (χ0v) is 24.5. The van der Waals surface area contributed by atoms with Crippen LogP contribution in [-0.4, -0.2) is 42.2 Å². The van der Waals surface area contributed by atoms with Crippen LogP contribution in [0.15, 0.2) is 76.8 Å². The highest BCUT2D eigenvalue weighted by Gasteiger charge is 2.26. The summed E-state index contributed by atoms with van der Waals surface area (Å²) in [6, 6.07) is 16.5. The zero-order valence-electron chi connectivity index (χ0n) is 24.5. The van der Waals surface area contributed by atoms with Gasteiger partial charge in [-0.3, -0.25) is 19.2 Å². The summed E-state index contributed by atoms with van der Waals surface area (Å²) in [4.78, 5) is 65.1. The van der Waals surface area contributed by atoms with Crippen LogP contribution in [0.3, 0.4) is 0 Å². The van der Waals surface area contributed by atoms with Gasteiger partial charge in [-0.25, -0.2) is 0 Å². The van der Waals surface area contributed by atoms with Crippen molar-refractivity contribution in [2.45, 2.75) is 45.2 Å².